The third-order valence-corrected chi connectivity index (χ3v) is 4.99. The van der Waals surface area contributed by atoms with Crippen molar-refractivity contribution >= 4 is 11.9 Å². The van der Waals surface area contributed by atoms with Crippen LogP contribution in [0.3, 0.4) is 0 Å². The molecule has 3 rings (SSSR count). The van der Waals surface area contributed by atoms with Crippen molar-refractivity contribution < 1.29 is 9.90 Å². The Morgan fingerprint density at radius 2 is 2.12 bits per heavy atom. The molecule has 8 heteroatoms. The third kappa shape index (κ3) is 4.01. The molecule has 1 atom stereocenters. The Hall–Kier alpha value is -2.48. The van der Waals surface area contributed by atoms with Gasteiger partial charge in [0.25, 0.3) is 0 Å². The van der Waals surface area contributed by atoms with E-state index < -0.39 is 5.60 Å². The lowest BCUT2D eigenvalue weighted by Crippen LogP contribution is -2.46. The van der Waals surface area contributed by atoms with E-state index in [0.717, 1.165) is 17.0 Å². The van der Waals surface area contributed by atoms with E-state index in [1.807, 2.05) is 18.7 Å². The summed E-state index contributed by atoms with van der Waals surface area (Å²) in [7, 11) is 1.75. The van der Waals surface area contributed by atoms with Gasteiger partial charge in [0.1, 0.15) is 5.60 Å². The first-order chi connectivity index (χ1) is 12.4. The molecule has 2 N–H and O–H groups in total. The Morgan fingerprint density at radius 3 is 2.77 bits per heavy atom. The summed E-state index contributed by atoms with van der Waals surface area (Å²) in [6, 6.07) is 1.77. The second-order valence-electron chi connectivity index (χ2n) is 7.11. The molecule has 0 bridgehead atoms. The van der Waals surface area contributed by atoms with Crippen LogP contribution in [0.5, 0.6) is 0 Å². The number of amides is 1. The molecule has 0 radical (unpaired) electrons. The lowest BCUT2D eigenvalue weighted by molar-refractivity contribution is -0.132. The van der Waals surface area contributed by atoms with Crippen LogP contribution >= 0.6 is 0 Å². The summed E-state index contributed by atoms with van der Waals surface area (Å²) in [6.07, 6.45) is 5.02. The van der Waals surface area contributed by atoms with Crippen LogP contribution in [-0.2, 0) is 11.2 Å². The van der Waals surface area contributed by atoms with Gasteiger partial charge in [0, 0.05) is 38.1 Å². The highest BCUT2D eigenvalue weighted by Crippen LogP contribution is 2.25. The Labute approximate surface area is 153 Å². The van der Waals surface area contributed by atoms with E-state index in [1.54, 1.807) is 30.4 Å². The van der Waals surface area contributed by atoms with E-state index in [0.29, 0.717) is 44.8 Å². The van der Waals surface area contributed by atoms with Gasteiger partial charge in [-0.05, 0) is 38.3 Å². The molecule has 0 aliphatic carbocycles. The average molecular weight is 358 g/mol. The molecule has 2 aromatic heterocycles. The molecule has 1 amide bonds. The van der Waals surface area contributed by atoms with Crippen LogP contribution in [0.25, 0.3) is 0 Å². The number of H-pyrrole nitrogens is 1. The number of likely N-dealkylation sites (N-methyl/N-ethyl adjacent to an activating group) is 1. The number of nitrogens with one attached hydrogen (secondary N) is 1. The maximum Gasteiger partial charge on any atom is 0.225 e. The van der Waals surface area contributed by atoms with Crippen molar-refractivity contribution in [3.05, 3.63) is 35.4 Å². The van der Waals surface area contributed by atoms with Gasteiger partial charge in [0.2, 0.25) is 11.9 Å². The van der Waals surface area contributed by atoms with Gasteiger partial charge in [-0.2, -0.15) is 5.10 Å². The van der Waals surface area contributed by atoms with Gasteiger partial charge in [0.15, 0.2) is 0 Å². The number of hydrogen-bond acceptors (Lipinski definition) is 6. The van der Waals surface area contributed by atoms with Crippen molar-refractivity contribution in [3.8, 4) is 0 Å². The van der Waals surface area contributed by atoms with Crippen LogP contribution in [0.15, 0.2) is 18.5 Å². The summed E-state index contributed by atoms with van der Waals surface area (Å²) in [5.74, 6) is 0.635. The van der Waals surface area contributed by atoms with E-state index in [-0.39, 0.29) is 5.91 Å². The van der Waals surface area contributed by atoms with Crippen LogP contribution in [0.4, 0.5) is 5.95 Å². The summed E-state index contributed by atoms with van der Waals surface area (Å²) in [5.41, 5.74) is 2.10. The molecule has 0 unspecified atom stereocenters. The maximum atomic E-state index is 12.5. The first-order valence-electron chi connectivity index (χ1n) is 8.87. The topological polar surface area (TPSA) is 98.2 Å². The Kier molecular flexibility index (Phi) is 5.22. The lowest BCUT2D eigenvalue weighted by atomic mass is 10.0. The molecule has 0 aromatic carbocycles. The smallest absolute Gasteiger partial charge is 0.225 e. The van der Waals surface area contributed by atoms with Crippen LogP contribution in [0.1, 0.15) is 29.8 Å². The van der Waals surface area contributed by atoms with Crippen molar-refractivity contribution in [1.29, 1.82) is 0 Å². The minimum absolute atomic E-state index is 0.0211. The van der Waals surface area contributed by atoms with Gasteiger partial charge in [-0.1, -0.05) is 0 Å². The van der Waals surface area contributed by atoms with Crippen molar-refractivity contribution in [2.45, 2.75) is 38.7 Å². The fraction of sp³-hybridized carbons (Fsp3) is 0.556. The minimum Gasteiger partial charge on any atom is -0.386 e. The third-order valence-electron chi connectivity index (χ3n) is 4.99. The zero-order valence-corrected chi connectivity index (χ0v) is 15.6. The number of carbonyl (C=O) groups excluding carboxylic acids is 1. The molecule has 1 fully saturated rings. The molecule has 0 spiro atoms. The fourth-order valence-corrected chi connectivity index (χ4v) is 3.51. The van der Waals surface area contributed by atoms with Gasteiger partial charge in [0.05, 0.1) is 18.8 Å². The largest absolute Gasteiger partial charge is 0.386 e. The van der Waals surface area contributed by atoms with Gasteiger partial charge < -0.3 is 14.9 Å². The summed E-state index contributed by atoms with van der Waals surface area (Å²) in [5, 5.41) is 18.0. The van der Waals surface area contributed by atoms with E-state index in [2.05, 4.69) is 20.2 Å². The fourth-order valence-electron chi connectivity index (χ4n) is 3.51. The number of aromatic amines is 1. The molecule has 0 saturated carbocycles. The zero-order chi connectivity index (χ0) is 18.7. The molecule has 1 aliphatic heterocycles. The predicted molar refractivity (Wildman–Crippen MR) is 97.8 cm³/mol. The minimum atomic E-state index is -0.939. The molecule has 26 heavy (non-hydrogen) atoms. The molecular formula is C18H26N6O2. The summed E-state index contributed by atoms with van der Waals surface area (Å²) in [4.78, 5) is 24.5. The standard InChI is InChI=1S/C18H26N6O2/c1-13-15(14(2)22-21-13)5-6-16(25)23(3)11-18(26)7-10-24(12-18)17-19-8-4-9-20-17/h4,8-9,26H,5-7,10-12H2,1-3H3,(H,21,22)/t18-/m0/s1. The second-order valence-corrected chi connectivity index (χ2v) is 7.11. The first kappa shape index (κ1) is 18.3. The number of rotatable bonds is 6. The quantitative estimate of drug-likeness (QED) is 0.794. The van der Waals surface area contributed by atoms with E-state index in [4.69, 9.17) is 0 Å². The number of anilines is 1. The Morgan fingerprint density at radius 1 is 1.38 bits per heavy atom. The second kappa shape index (κ2) is 7.41. The lowest BCUT2D eigenvalue weighted by Gasteiger charge is -2.29. The van der Waals surface area contributed by atoms with Gasteiger partial charge >= 0.3 is 0 Å². The summed E-state index contributed by atoms with van der Waals surface area (Å²) >= 11 is 0. The van der Waals surface area contributed by atoms with Gasteiger partial charge in [-0.25, -0.2) is 9.97 Å². The Bertz CT molecular complexity index is 743. The molecule has 1 aliphatic rings. The van der Waals surface area contributed by atoms with Crippen molar-refractivity contribution in [2.24, 2.45) is 0 Å². The first-order valence-corrected chi connectivity index (χ1v) is 8.87. The SMILES string of the molecule is Cc1n[nH]c(C)c1CCC(=O)N(C)C[C@@]1(O)CCN(c2ncccn2)C1. The predicted octanol–water partition coefficient (Wildman–Crippen LogP) is 0.849. The highest BCUT2D eigenvalue weighted by Gasteiger charge is 2.38. The number of aromatic nitrogens is 4. The van der Waals surface area contributed by atoms with Gasteiger partial charge in [-0.15, -0.1) is 0 Å². The number of aryl methyl sites for hydroxylation is 2. The highest BCUT2D eigenvalue weighted by molar-refractivity contribution is 5.76. The van der Waals surface area contributed by atoms with Crippen LogP contribution in [0, 0.1) is 13.8 Å². The number of hydrogen-bond donors (Lipinski definition) is 2. The van der Waals surface area contributed by atoms with Crippen molar-refractivity contribution in [3.63, 3.8) is 0 Å². The molecule has 140 valence electrons. The zero-order valence-electron chi connectivity index (χ0n) is 15.6. The molecular weight excluding hydrogens is 332 g/mol. The van der Waals surface area contributed by atoms with Crippen LogP contribution < -0.4 is 4.90 Å². The average Bonchev–Trinajstić information content (AvgIpc) is 3.16. The normalized spacial score (nSPS) is 19.8. The number of nitrogens with zero attached hydrogens (tertiary/aromatic N) is 5. The number of carbonyl (C=O) groups is 1. The van der Waals surface area contributed by atoms with Gasteiger partial charge in [-0.3, -0.25) is 9.89 Å². The van der Waals surface area contributed by atoms with E-state index >= 15 is 0 Å². The summed E-state index contributed by atoms with van der Waals surface area (Å²) < 4.78 is 0. The molecule has 8 nitrogen and oxygen atoms in total. The molecule has 1 saturated heterocycles. The Balaban J connectivity index is 1.54. The van der Waals surface area contributed by atoms with Crippen molar-refractivity contribution in [1.82, 2.24) is 25.1 Å². The monoisotopic (exact) mass is 358 g/mol. The highest BCUT2D eigenvalue weighted by atomic mass is 16.3. The van der Waals surface area contributed by atoms with Crippen LogP contribution in [-0.4, -0.2) is 68.4 Å². The van der Waals surface area contributed by atoms with E-state index in [9.17, 15) is 9.90 Å². The number of aliphatic hydroxyl groups is 1. The van der Waals surface area contributed by atoms with E-state index in [1.165, 1.54) is 0 Å². The molecule has 3 heterocycles. The van der Waals surface area contributed by atoms with Crippen molar-refractivity contribution in [2.75, 3.05) is 31.6 Å². The summed E-state index contributed by atoms with van der Waals surface area (Å²) in [6.45, 7) is 5.31. The number of β-amino-alcohol motifs (C(OH)–C–C–N with tert-alkyl or cyclic N) is 1. The maximum absolute atomic E-state index is 12.5. The molecule has 2 aromatic rings. The van der Waals surface area contributed by atoms with Crippen LogP contribution in [0.2, 0.25) is 0 Å².